The van der Waals surface area contributed by atoms with Gasteiger partial charge in [0.2, 0.25) is 0 Å². The van der Waals surface area contributed by atoms with Crippen LogP contribution in [0, 0.1) is 9.39 Å². The van der Waals surface area contributed by atoms with Gasteiger partial charge in [0.15, 0.2) is 0 Å². The van der Waals surface area contributed by atoms with Gasteiger partial charge in [-0.1, -0.05) is 24.3 Å². The maximum Gasteiger partial charge on any atom is 0.326 e. The average molecular weight is 413 g/mol. The molecule has 0 saturated carbocycles. The summed E-state index contributed by atoms with van der Waals surface area (Å²) in [4.78, 5) is 23.4. The number of halogens is 2. The minimum absolute atomic E-state index is 0.0917. The molecule has 1 amide bonds. The summed E-state index contributed by atoms with van der Waals surface area (Å²) < 4.78 is 14.0. The number of carboxylic acids is 1. The second kappa shape index (κ2) is 7.35. The number of aliphatic carboxylic acids is 1. The van der Waals surface area contributed by atoms with Crippen LogP contribution in [0.5, 0.6) is 0 Å². The molecule has 2 N–H and O–H groups in total. The van der Waals surface area contributed by atoms with Gasteiger partial charge in [-0.2, -0.15) is 0 Å². The number of carbonyl (C=O) groups excluding carboxylic acids is 1. The number of amides is 1. The van der Waals surface area contributed by atoms with E-state index in [1.165, 1.54) is 18.2 Å². The molecule has 0 fully saturated rings. The highest BCUT2D eigenvalue weighted by atomic mass is 127. The van der Waals surface area contributed by atoms with Gasteiger partial charge in [-0.3, -0.25) is 4.79 Å². The summed E-state index contributed by atoms with van der Waals surface area (Å²) in [5, 5.41) is 11.7. The fourth-order valence-electron chi connectivity index (χ4n) is 1.96. The Bertz CT molecular complexity index is 705. The van der Waals surface area contributed by atoms with Crippen LogP contribution in [0.15, 0.2) is 48.5 Å². The predicted molar refractivity (Wildman–Crippen MR) is 88.2 cm³/mol. The highest BCUT2D eigenvalue weighted by molar-refractivity contribution is 14.1. The Balaban J connectivity index is 2.14. The van der Waals surface area contributed by atoms with Crippen molar-refractivity contribution in [2.24, 2.45) is 0 Å². The van der Waals surface area contributed by atoms with E-state index in [0.717, 1.165) is 15.2 Å². The third-order valence-corrected chi connectivity index (χ3v) is 4.12. The number of carbonyl (C=O) groups is 2. The van der Waals surface area contributed by atoms with Gasteiger partial charge in [0.05, 0.1) is 0 Å². The lowest BCUT2D eigenvalue weighted by atomic mass is 10.1. The molecule has 0 unspecified atom stereocenters. The number of nitrogens with one attached hydrogen (secondary N) is 1. The van der Waals surface area contributed by atoms with Crippen LogP contribution in [0.3, 0.4) is 0 Å². The van der Waals surface area contributed by atoms with Crippen molar-refractivity contribution < 1.29 is 19.1 Å². The molecule has 4 nitrogen and oxygen atoms in total. The second-order valence-corrected chi connectivity index (χ2v) is 5.83. The summed E-state index contributed by atoms with van der Waals surface area (Å²) >= 11 is 2.11. The highest BCUT2D eigenvalue weighted by Crippen LogP contribution is 2.14. The molecule has 0 aromatic heterocycles. The largest absolute Gasteiger partial charge is 0.480 e. The summed E-state index contributed by atoms with van der Waals surface area (Å²) in [5.74, 6) is -2.29. The topological polar surface area (TPSA) is 66.4 Å². The Labute approximate surface area is 140 Å². The fourth-order valence-corrected chi connectivity index (χ4v) is 2.56. The second-order valence-electron chi connectivity index (χ2n) is 4.67. The van der Waals surface area contributed by atoms with E-state index in [9.17, 15) is 19.1 Å². The minimum atomic E-state index is -1.13. The number of rotatable bonds is 5. The Morgan fingerprint density at radius 3 is 2.55 bits per heavy atom. The first-order valence-electron chi connectivity index (χ1n) is 6.50. The molecule has 0 heterocycles. The van der Waals surface area contributed by atoms with Crippen molar-refractivity contribution in [3.63, 3.8) is 0 Å². The monoisotopic (exact) mass is 413 g/mol. The van der Waals surface area contributed by atoms with Crippen molar-refractivity contribution in [3.8, 4) is 0 Å². The van der Waals surface area contributed by atoms with Gasteiger partial charge in [0.25, 0.3) is 5.91 Å². The molecule has 114 valence electrons. The lowest BCUT2D eigenvalue weighted by Gasteiger charge is -2.15. The first-order valence-corrected chi connectivity index (χ1v) is 7.58. The molecule has 0 aliphatic carbocycles. The smallest absolute Gasteiger partial charge is 0.326 e. The minimum Gasteiger partial charge on any atom is -0.480 e. The molecule has 0 spiro atoms. The van der Waals surface area contributed by atoms with E-state index in [1.807, 2.05) is 24.3 Å². The van der Waals surface area contributed by atoms with Crippen LogP contribution < -0.4 is 5.32 Å². The van der Waals surface area contributed by atoms with Gasteiger partial charge in [-0.25, -0.2) is 9.18 Å². The molecular formula is C16H13FINO3. The number of carboxylic acid groups (broad SMARTS) is 1. The van der Waals surface area contributed by atoms with Gasteiger partial charge < -0.3 is 10.4 Å². The molecule has 0 aliphatic heterocycles. The van der Waals surface area contributed by atoms with E-state index >= 15 is 0 Å². The van der Waals surface area contributed by atoms with E-state index in [0.29, 0.717) is 0 Å². The van der Waals surface area contributed by atoms with Gasteiger partial charge in [-0.05, 0) is 52.4 Å². The summed E-state index contributed by atoms with van der Waals surface area (Å²) in [7, 11) is 0. The van der Waals surface area contributed by atoms with Crippen molar-refractivity contribution in [1.29, 1.82) is 0 Å². The molecule has 0 radical (unpaired) electrons. The first-order chi connectivity index (χ1) is 10.5. The van der Waals surface area contributed by atoms with Gasteiger partial charge >= 0.3 is 5.97 Å². The van der Waals surface area contributed by atoms with Gasteiger partial charge in [-0.15, -0.1) is 0 Å². The quantitative estimate of drug-likeness (QED) is 0.742. The lowest BCUT2D eigenvalue weighted by molar-refractivity contribution is -0.139. The normalized spacial score (nSPS) is 11.7. The molecule has 2 rings (SSSR count). The van der Waals surface area contributed by atoms with E-state index in [1.54, 1.807) is 0 Å². The zero-order valence-electron chi connectivity index (χ0n) is 11.4. The molecule has 0 aliphatic rings. The Morgan fingerprint density at radius 2 is 1.91 bits per heavy atom. The molecule has 2 aromatic carbocycles. The Morgan fingerprint density at radius 1 is 1.18 bits per heavy atom. The van der Waals surface area contributed by atoms with Crippen molar-refractivity contribution in [3.05, 3.63) is 69.0 Å². The standard InChI is InChI=1S/C16H13FINO3/c17-12-6-3-5-11(8-12)15(20)19-14(16(21)22)9-10-4-1-2-7-13(10)18/h1-8,14H,9H2,(H,19,20)(H,21,22)/t14-/m0/s1. The lowest BCUT2D eigenvalue weighted by Crippen LogP contribution is -2.42. The van der Waals surface area contributed by atoms with E-state index < -0.39 is 23.7 Å². The van der Waals surface area contributed by atoms with Crippen LogP contribution in [0.1, 0.15) is 15.9 Å². The van der Waals surface area contributed by atoms with E-state index in [4.69, 9.17) is 0 Å². The molecule has 1 atom stereocenters. The Kier molecular flexibility index (Phi) is 5.48. The third kappa shape index (κ3) is 4.27. The predicted octanol–water partition coefficient (Wildman–Crippen LogP) is 2.86. The molecule has 0 saturated heterocycles. The Hall–Kier alpha value is -1.96. The summed E-state index contributed by atoms with van der Waals surface area (Å²) in [6.07, 6.45) is 0.162. The number of hydrogen-bond donors (Lipinski definition) is 2. The summed E-state index contributed by atoms with van der Waals surface area (Å²) in [5.41, 5.74) is 0.920. The zero-order chi connectivity index (χ0) is 16.1. The third-order valence-electron chi connectivity index (χ3n) is 3.07. The van der Waals surface area contributed by atoms with Crippen LogP contribution in [0.2, 0.25) is 0 Å². The summed E-state index contributed by atoms with van der Waals surface area (Å²) in [6.45, 7) is 0. The van der Waals surface area contributed by atoms with Crippen molar-refractivity contribution >= 4 is 34.5 Å². The molecule has 6 heteroatoms. The van der Waals surface area contributed by atoms with E-state index in [2.05, 4.69) is 27.9 Å². The molecular weight excluding hydrogens is 400 g/mol. The number of hydrogen-bond acceptors (Lipinski definition) is 2. The zero-order valence-corrected chi connectivity index (χ0v) is 13.6. The maximum absolute atomic E-state index is 13.1. The SMILES string of the molecule is O=C(N[C@@H](Cc1ccccc1I)C(=O)O)c1cccc(F)c1. The molecule has 0 bridgehead atoms. The molecule has 22 heavy (non-hydrogen) atoms. The van der Waals surface area contributed by atoms with Crippen LogP contribution in [0.25, 0.3) is 0 Å². The van der Waals surface area contributed by atoms with Crippen molar-refractivity contribution in [1.82, 2.24) is 5.32 Å². The average Bonchev–Trinajstić information content (AvgIpc) is 2.48. The summed E-state index contributed by atoms with van der Waals surface area (Å²) in [6, 6.07) is 11.4. The van der Waals surface area contributed by atoms with Crippen molar-refractivity contribution in [2.45, 2.75) is 12.5 Å². The highest BCUT2D eigenvalue weighted by Gasteiger charge is 2.22. The van der Waals surface area contributed by atoms with Gasteiger partial charge in [0, 0.05) is 15.6 Å². The van der Waals surface area contributed by atoms with Crippen LogP contribution >= 0.6 is 22.6 Å². The van der Waals surface area contributed by atoms with Crippen LogP contribution in [-0.2, 0) is 11.2 Å². The number of benzene rings is 2. The maximum atomic E-state index is 13.1. The van der Waals surface area contributed by atoms with Crippen molar-refractivity contribution in [2.75, 3.05) is 0 Å². The van der Waals surface area contributed by atoms with Crippen LogP contribution in [0.4, 0.5) is 4.39 Å². The van der Waals surface area contributed by atoms with E-state index in [-0.39, 0.29) is 12.0 Å². The van der Waals surface area contributed by atoms with Crippen LogP contribution in [-0.4, -0.2) is 23.0 Å². The van der Waals surface area contributed by atoms with Gasteiger partial charge in [0.1, 0.15) is 11.9 Å². The molecule has 2 aromatic rings. The fraction of sp³-hybridized carbons (Fsp3) is 0.125. The first kappa shape index (κ1) is 16.4.